The Morgan fingerprint density at radius 2 is 2.08 bits per heavy atom. The number of carboxylic acid groups (broad SMARTS) is 1. The Morgan fingerprint density at radius 3 is 2.76 bits per heavy atom. The number of benzene rings is 1. The van der Waals surface area contributed by atoms with E-state index in [9.17, 15) is 19.5 Å². The number of carbonyl (C=O) groups is 3. The van der Waals surface area contributed by atoms with Crippen molar-refractivity contribution in [1.29, 1.82) is 0 Å². The number of amides is 2. The van der Waals surface area contributed by atoms with Crippen LogP contribution in [0.3, 0.4) is 0 Å². The molecule has 2 aliphatic rings. The largest absolute Gasteiger partial charge is 0.543 e. The summed E-state index contributed by atoms with van der Waals surface area (Å²) in [4.78, 5) is 48.7. The van der Waals surface area contributed by atoms with Crippen molar-refractivity contribution in [3.63, 3.8) is 0 Å². The van der Waals surface area contributed by atoms with Crippen LogP contribution >= 0.6 is 23.3 Å². The summed E-state index contributed by atoms with van der Waals surface area (Å²) in [5, 5.41) is 20.2. The highest BCUT2D eigenvalue weighted by Gasteiger charge is 2.53. The van der Waals surface area contributed by atoms with Crippen LogP contribution in [-0.4, -0.2) is 61.0 Å². The summed E-state index contributed by atoms with van der Waals surface area (Å²) >= 11 is 2.24. The van der Waals surface area contributed by atoms with Crippen LogP contribution in [0, 0.1) is 0 Å². The number of oxime groups is 1. The number of nitrogens with two attached hydrogens (primary N) is 1. The summed E-state index contributed by atoms with van der Waals surface area (Å²) in [6, 6.07) is 8.80. The average Bonchev–Trinajstić information content (AvgIpc) is 3.32. The zero-order valence-electron chi connectivity index (χ0n) is 20.4. The number of thioether (sulfide) groups is 1. The van der Waals surface area contributed by atoms with Crippen molar-refractivity contribution in [2.24, 2.45) is 5.16 Å². The minimum Gasteiger partial charge on any atom is -0.543 e. The Kier molecular flexibility index (Phi) is 6.99. The smallest absolute Gasteiger partial charge is 0.278 e. The van der Waals surface area contributed by atoms with Gasteiger partial charge in [-0.15, -0.1) is 11.8 Å². The lowest BCUT2D eigenvalue weighted by atomic mass is 10.0. The number of anilines is 1. The Hall–Kier alpha value is -4.04. The van der Waals surface area contributed by atoms with E-state index in [1.807, 2.05) is 47.3 Å². The Labute approximate surface area is 225 Å². The number of carbonyl (C=O) groups excluding carboxylic acids is 3. The number of β-lactam (4-membered cyclic amide) rings is 1. The van der Waals surface area contributed by atoms with Gasteiger partial charge >= 0.3 is 0 Å². The minimum absolute atomic E-state index is 0.0319. The van der Waals surface area contributed by atoms with Crippen LogP contribution in [0.25, 0.3) is 10.8 Å². The number of aliphatic carboxylic acids is 1. The molecule has 1 aromatic carbocycles. The van der Waals surface area contributed by atoms with Gasteiger partial charge in [-0.3, -0.25) is 14.5 Å². The monoisotopic (exact) mass is 553 g/mol. The molecule has 14 heteroatoms. The van der Waals surface area contributed by atoms with Crippen LogP contribution in [0.1, 0.15) is 19.7 Å². The first-order valence-corrected chi connectivity index (χ1v) is 13.4. The quantitative estimate of drug-likeness (QED) is 0.166. The van der Waals surface area contributed by atoms with E-state index in [1.165, 1.54) is 16.7 Å². The van der Waals surface area contributed by atoms with Gasteiger partial charge in [-0.1, -0.05) is 23.4 Å². The Bertz CT molecular complexity index is 1500. The van der Waals surface area contributed by atoms with E-state index in [0.29, 0.717) is 11.3 Å². The first kappa shape index (κ1) is 25.6. The summed E-state index contributed by atoms with van der Waals surface area (Å²) in [5.41, 5.74) is 5.78. The SMILES string of the molecule is CC(C)ON=C(C(=O)NC1C(=O)N2C(C(=O)[O-])=C(C[n+]3ccc4ccccc4c3)CS[C@@H]12)c1nsc(N)n1. The molecule has 0 spiro atoms. The number of pyridine rings is 1. The van der Waals surface area contributed by atoms with Crippen LogP contribution < -0.4 is 20.7 Å². The molecule has 196 valence electrons. The number of nitrogens with one attached hydrogen (secondary N) is 1. The molecule has 38 heavy (non-hydrogen) atoms. The molecule has 12 nitrogen and oxygen atoms in total. The second kappa shape index (κ2) is 10.4. The molecule has 1 unspecified atom stereocenters. The molecule has 0 bridgehead atoms. The average molecular weight is 554 g/mol. The predicted octanol–water partition coefficient (Wildman–Crippen LogP) is -0.206. The van der Waals surface area contributed by atoms with Gasteiger partial charge in [0.1, 0.15) is 17.5 Å². The number of carboxylic acids is 1. The Balaban J connectivity index is 1.36. The van der Waals surface area contributed by atoms with Crippen molar-refractivity contribution in [1.82, 2.24) is 19.6 Å². The van der Waals surface area contributed by atoms with Crippen molar-refractivity contribution in [3.05, 3.63) is 59.8 Å². The van der Waals surface area contributed by atoms with Crippen molar-refractivity contribution in [2.75, 3.05) is 11.5 Å². The molecule has 2 atom stereocenters. The lowest BCUT2D eigenvalue weighted by molar-refractivity contribution is -0.687. The molecule has 1 saturated heterocycles. The van der Waals surface area contributed by atoms with Gasteiger partial charge in [0.2, 0.25) is 11.5 Å². The van der Waals surface area contributed by atoms with Crippen LogP contribution in [0.4, 0.5) is 5.13 Å². The predicted molar refractivity (Wildman–Crippen MR) is 138 cm³/mol. The van der Waals surface area contributed by atoms with E-state index in [2.05, 4.69) is 19.8 Å². The number of hydrogen-bond acceptors (Lipinski definition) is 11. The normalized spacial score (nSPS) is 19.4. The van der Waals surface area contributed by atoms with Gasteiger partial charge in [0.25, 0.3) is 11.8 Å². The molecule has 5 rings (SSSR count). The van der Waals surface area contributed by atoms with E-state index >= 15 is 0 Å². The topological polar surface area (TPSA) is 167 Å². The highest BCUT2D eigenvalue weighted by Crippen LogP contribution is 2.40. The first-order valence-electron chi connectivity index (χ1n) is 11.6. The third-order valence-electron chi connectivity index (χ3n) is 5.87. The maximum Gasteiger partial charge on any atom is 0.278 e. The van der Waals surface area contributed by atoms with Crippen LogP contribution in [0.15, 0.2) is 59.2 Å². The van der Waals surface area contributed by atoms with E-state index in [-0.39, 0.29) is 35.0 Å². The highest BCUT2D eigenvalue weighted by atomic mass is 32.2. The molecule has 3 N–H and O–H groups in total. The number of rotatable bonds is 8. The number of hydrogen-bond donors (Lipinski definition) is 2. The van der Waals surface area contributed by atoms with Gasteiger partial charge in [0.15, 0.2) is 24.1 Å². The summed E-state index contributed by atoms with van der Waals surface area (Å²) < 4.78 is 5.88. The molecule has 0 aliphatic carbocycles. The molecule has 2 aliphatic heterocycles. The van der Waals surface area contributed by atoms with Gasteiger partial charge in [0, 0.05) is 34.3 Å². The molecule has 0 saturated carbocycles. The van der Waals surface area contributed by atoms with Gasteiger partial charge in [0.05, 0.1) is 11.7 Å². The van der Waals surface area contributed by atoms with E-state index in [1.54, 1.807) is 13.8 Å². The number of nitrogens with zero attached hydrogens (tertiary/aromatic N) is 5. The van der Waals surface area contributed by atoms with E-state index < -0.39 is 29.2 Å². The van der Waals surface area contributed by atoms with Gasteiger partial charge in [-0.2, -0.15) is 9.36 Å². The maximum absolute atomic E-state index is 13.1. The van der Waals surface area contributed by atoms with Gasteiger partial charge in [-0.25, -0.2) is 4.57 Å². The zero-order valence-corrected chi connectivity index (χ0v) is 22.0. The number of nitrogen functional groups attached to an aromatic ring is 1. The second-order valence-corrected chi connectivity index (χ2v) is 10.8. The summed E-state index contributed by atoms with van der Waals surface area (Å²) in [6.07, 6.45) is 3.46. The fourth-order valence-corrected chi connectivity index (χ4v) is 5.94. The van der Waals surface area contributed by atoms with Crippen molar-refractivity contribution < 1.29 is 28.9 Å². The zero-order chi connectivity index (χ0) is 27.0. The molecular weight excluding hydrogens is 530 g/mol. The summed E-state index contributed by atoms with van der Waals surface area (Å²) in [6.45, 7) is 3.74. The fourth-order valence-electron chi connectivity index (χ4n) is 4.17. The maximum atomic E-state index is 13.1. The van der Waals surface area contributed by atoms with E-state index in [4.69, 9.17) is 10.6 Å². The molecular formula is C24H23N7O5S2. The summed E-state index contributed by atoms with van der Waals surface area (Å²) in [5.74, 6) is -2.44. The minimum atomic E-state index is -1.44. The van der Waals surface area contributed by atoms with E-state index in [0.717, 1.165) is 22.3 Å². The molecule has 0 radical (unpaired) electrons. The van der Waals surface area contributed by atoms with Crippen LogP contribution in [0.2, 0.25) is 0 Å². The third kappa shape index (κ3) is 4.91. The third-order valence-corrected chi connectivity index (χ3v) is 7.75. The molecule has 2 aromatic heterocycles. The molecule has 2 amide bonds. The number of aromatic nitrogens is 3. The second-order valence-electron chi connectivity index (χ2n) is 8.90. The van der Waals surface area contributed by atoms with Crippen molar-refractivity contribution >= 4 is 62.7 Å². The van der Waals surface area contributed by atoms with Crippen molar-refractivity contribution in [3.8, 4) is 0 Å². The highest BCUT2D eigenvalue weighted by molar-refractivity contribution is 8.00. The Morgan fingerprint density at radius 1 is 1.32 bits per heavy atom. The lowest BCUT2D eigenvalue weighted by Gasteiger charge is -2.50. The molecule has 1 fully saturated rings. The first-order chi connectivity index (χ1) is 18.2. The number of fused-ring (bicyclic) bond motifs is 2. The van der Waals surface area contributed by atoms with Crippen molar-refractivity contribution in [2.45, 2.75) is 37.9 Å². The van der Waals surface area contributed by atoms with Crippen LogP contribution in [-0.2, 0) is 25.8 Å². The molecule has 4 heterocycles. The molecule has 3 aromatic rings. The van der Waals surface area contributed by atoms with Gasteiger partial charge < -0.3 is 25.8 Å². The standard InChI is InChI=1S/C24H23N7O5S2/c1-12(2)36-28-16(19-27-24(25)38-29-19)20(32)26-17-21(33)31-18(23(34)35)15(11-37-22(17)31)10-30-8-7-13-5-3-4-6-14(13)9-30/h3-9,12,17,22H,10-11H2,1-2H3,(H3-,25,26,27,29,32,34,35)/t17?,22-/m0/s1. The fraction of sp³-hybridized carbons (Fsp3) is 0.292. The lowest BCUT2D eigenvalue weighted by Crippen LogP contribution is -2.71. The van der Waals surface area contributed by atoms with Crippen LogP contribution in [0.5, 0.6) is 0 Å². The van der Waals surface area contributed by atoms with Gasteiger partial charge in [-0.05, 0) is 25.3 Å². The summed E-state index contributed by atoms with van der Waals surface area (Å²) in [7, 11) is 0.